The summed E-state index contributed by atoms with van der Waals surface area (Å²) in [6, 6.07) is 4.20. The van der Waals surface area contributed by atoms with Crippen molar-refractivity contribution < 1.29 is 0 Å². The van der Waals surface area contributed by atoms with Crippen LogP contribution in [0.5, 0.6) is 0 Å². The van der Waals surface area contributed by atoms with Crippen LogP contribution in [0.2, 0.25) is 0 Å². The van der Waals surface area contributed by atoms with E-state index in [0.717, 1.165) is 24.9 Å². The van der Waals surface area contributed by atoms with E-state index in [1.807, 2.05) is 19.3 Å². The maximum absolute atomic E-state index is 4.55. The van der Waals surface area contributed by atoms with Crippen LogP contribution in [0.4, 0.5) is 0 Å². The summed E-state index contributed by atoms with van der Waals surface area (Å²) in [5.74, 6) is 1.66. The summed E-state index contributed by atoms with van der Waals surface area (Å²) < 4.78 is 0. The number of hydrogen-bond acceptors (Lipinski definition) is 3. The van der Waals surface area contributed by atoms with Crippen LogP contribution < -0.4 is 5.32 Å². The zero-order chi connectivity index (χ0) is 13.0. The van der Waals surface area contributed by atoms with Crippen LogP contribution in [0.1, 0.15) is 31.5 Å². The van der Waals surface area contributed by atoms with Crippen molar-refractivity contribution in [1.29, 1.82) is 0 Å². The van der Waals surface area contributed by atoms with Crippen molar-refractivity contribution in [2.75, 3.05) is 20.1 Å². The third kappa shape index (κ3) is 3.30. The minimum Gasteiger partial charge on any atom is -0.316 e. The van der Waals surface area contributed by atoms with Gasteiger partial charge in [-0.3, -0.25) is 9.88 Å². The zero-order valence-electron chi connectivity index (χ0n) is 11.8. The van der Waals surface area contributed by atoms with Gasteiger partial charge in [-0.25, -0.2) is 0 Å². The van der Waals surface area contributed by atoms with Gasteiger partial charge >= 0.3 is 0 Å². The van der Waals surface area contributed by atoms with Crippen LogP contribution in [-0.4, -0.2) is 30.0 Å². The summed E-state index contributed by atoms with van der Waals surface area (Å²) >= 11 is 0. The van der Waals surface area contributed by atoms with Gasteiger partial charge < -0.3 is 5.32 Å². The molecule has 0 aromatic carbocycles. The molecule has 100 valence electrons. The average Bonchev–Trinajstić information content (AvgIpc) is 2.81. The molecule has 1 aliphatic rings. The first-order valence-electron chi connectivity index (χ1n) is 7.00. The van der Waals surface area contributed by atoms with Crippen molar-refractivity contribution in [3.8, 4) is 0 Å². The van der Waals surface area contributed by atoms with Crippen LogP contribution in [0.15, 0.2) is 18.3 Å². The van der Waals surface area contributed by atoms with Gasteiger partial charge in [0.25, 0.3) is 0 Å². The first-order chi connectivity index (χ1) is 8.70. The molecule has 1 aliphatic heterocycles. The van der Waals surface area contributed by atoms with Gasteiger partial charge in [0.2, 0.25) is 0 Å². The van der Waals surface area contributed by atoms with E-state index in [1.165, 1.54) is 30.8 Å². The molecule has 1 fully saturated rings. The Morgan fingerprint density at radius 3 is 3.00 bits per heavy atom. The Bertz CT molecular complexity index is 376. The first kappa shape index (κ1) is 13.5. The standard InChI is InChI=1S/C15H25N3/c1-12(2)14-6-8-18(10-14)11-15-13(9-16-3)5-4-7-17-15/h4-5,7,12,14,16H,6,8-11H2,1-3H3. The van der Waals surface area contributed by atoms with Crippen LogP contribution in [0.25, 0.3) is 0 Å². The van der Waals surface area contributed by atoms with E-state index in [4.69, 9.17) is 0 Å². The van der Waals surface area contributed by atoms with Gasteiger partial charge in [-0.15, -0.1) is 0 Å². The minimum atomic E-state index is 0.801. The molecule has 0 spiro atoms. The summed E-state index contributed by atoms with van der Waals surface area (Å²) in [7, 11) is 1.99. The molecule has 0 aliphatic carbocycles. The topological polar surface area (TPSA) is 28.2 Å². The summed E-state index contributed by atoms with van der Waals surface area (Å²) in [6.45, 7) is 9.03. The fourth-order valence-corrected chi connectivity index (χ4v) is 2.73. The molecule has 2 heterocycles. The molecule has 0 amide bonds. The van der Waals surface area contributed by atoms with E-state index in [-0.39, 0.29) is 0 Å². The number of rotatable bonds is 5. The normalized spacial score (nSPS) is 20.8. The lowest BCUT2D eigenvalue weighted by atomic mass is 9.95. The highest BCUT2D eigenvalue weighted by Crippen LogP contribution is 2.25. The summed E-state index contributed by atoms with van der Waals surface area (Å²) in [5.41, 5.74) is 2.56. The second-order valence-corrected chi connectivity index (χ2v) is 5.67. The summed E-state index contributed by atoms with van der Waals surface area (Å²) in [4.78, 5) is 7.10. The van der Waals surface area contributed by atoms with Crippen LogP contribution in [0, 0.1) is 11.8 Å². The average molecular weight is 247 g/mol. The number of nitrogens with one attached hydrogen (secondary N) is 1. The Morgan fingerprint density at radius 1 is 1.50 bits per heavy atom. The predicted molar refractivity (Wildman–Crippen MR) is 75.2 cm³/mol. The van der Waals surface area contributed by atoms with Gasteiger partial charge in [0.15, 0.2) is 0 Å². The fraction of sp³-hybridized carbons (Fsp3) is 0.667. The second kappa shape index (κ2) is 6.30. The van der Waals surface area contributed by atoms with Crippen molar-refractivity contribution in [2.45, 2.75) is 33.4 Å². The first-order valence-corrected chi connectivity index (χ1v) is 7.00. The SMILES string of the molecule is CNCc1cccnc1CN1CCC(C(C)C)C1. The molecule has 0 bridgehead atoms. The Balaban J connectivity index is 1.98. The van der Waals surface area contributed by atoms with Crippen LogP contribution in [0.3, 0.4) is 0 Å². The van der Waals surface area contributed by atoms with Crippen molar-refractivity contribution >= 4 is 0 Å². The number of aromatic nitrogens is 1. The number of pyridine rings is 1. The van der Waals surface area contributed by atoms with Gasteiger partial charge in [-0.1, -0.05) is 19.9 Å². The highest BCUT2D eigenvalue weighted by molar-refractivity contribution is 5.19. The van der Waals surface area contributed by atoms with E-state index in [2.05, 4.69) is 35.1 Å². The molecule has 0 radical (unpaired) electrons. The Hall–Kier alpha value is -0.930. The van der Waals surface area contributed by atoms with Crippen molar-refractivity contribution in [3.05, 3.63) is 29.6 Å². The molecule has 0 saturated carbocycles. The van der Waals surface area contributed by atoms with Crippen LogP contribution in [-0.2, 0) is 13.1 Å². The van der Waals surface area contributed by atoms with Gasteiger partial charge in [-0.2, -0.15) is 0 Å². The molecule has 2 rings (SSSR count). The molecular formula is C15H25N3. The summed E-state index contributed by atoms with van der Waals surface area (Å²) in [6.07, 6.45) is 3.25. The van der Waals surface area contributed by atoms with Crippen molar-refractivity contribution in [1.82, 2.24) is 15.2 Å². The highest BCUT2D eigenvalue weighted by atomic mass is 15.2. The predicted octanol–water partition coefficient (Wildman–Crippen LogP) is 2.28. The van der Waals surface area contributed by atoms with Gasteiger partial charge in [0.05, 0.1) is 5.69 Å². The number of likely N-dealkylation sites (tertiary alicyclic amines) is 1. The van der Waals surface area contributed by atoms with E-state index < -0.39 is 0 Å². The molecule has 1 saturated heterocycles. The third-order valence-corrected chi connectivity index (χ3v) is 3.98. The Labute approximate surface area is 111 Å². The maximum atomic E-state index is 4.55. The molecular weight excluding hydrogens is 222 g/mol. The molecule has 1 N–H and O–H groups in total. The lowest BCUT2D eigenvalue weighted by Gasteiger charge is -2.18. The third-order valence-electron chi connectivity index (χ3n) is 3.98. The van der Waals surface area contributed by atoms with Crippen molar-refractivity contribution in [2.24, 2.45) is 11.8 Å². The second-order valence-electron chi connectivity index (χ2n) is 5.67. The number of hydrogen-bond donors (Lipinski definition) is 1. The molecule has 18 heavy (non-hydrogen) atoms. The zero-order valence-corrected chi connectivity index (χ0v) is 11.8. The largest absolute Gasteiger partial charge is 0.316 e. The molecule has 1 aromatic heterocycles. The molecule has 1 atom stereocenters. The van der Waals surface area contributed by atoms with Gasteiger partial charge in [0.1, 0.15) is 0 Å². The minimum absolute atomic E-state index is 0.801. The molecule has 3 heteroatoms. The maximum Gasteiger partial charge on any atom is 0.0588 e. The number of nitrogens with zero attached hydrogens (tertiary/aromatic N) is 2. The van der Waals surface area contributed by atoms with E-state index in [1.54, 1.807) is 0 Å². The highest BCUT2D eigenvalue weighted by Gasteiger charge is 2.25. The molecule has 3 nitrogen and oxygen atoms in total. The van der Waals surface area contributed by atoms with Crippen molar-refractivity contribution in [3.63, 3.8) is 0 Å². The summed E-state index contributed by atoms with van der Waals surface area (Å²) in [5, 5.41) is 3.22. The van der Waals surface area contributed by atoms with E-state index in [9.17, 15) is 0 Å². The molecule has 1 unspecified atom stereocenters. The van der Waals surface area contributed by atoms with E-state index >= 15 is 0 Å². The Morgan fingerprint density at radius 2 is 2.33 bits per heavy atom. The monoisotopic (exact) mass is 247 g/mol. The van der Waals surface area contributed by atoms with Gasteiger partial charge in [0, 0.05) is 25.8 Å². The lowest BCUT2D eigenvalue weighted by molar-refractivity contribution is 0.293. The smallest absolute Gasteiger partial charge is 0.0588 e. The van der Waals surface area contributed by atoms with Crippen LogP contribution >= 0.6 is 0 Å². The van der Waals surface area contributed by atoms with E-state index in [0.29, 0.717) is 0 Å². The quantitative estimate of drug-likeness (QED) is 0.865. The lowest BCUT2D eigenvalue weighted by Crippen LogP contribution is -2.23. The van der Waals surface area contributed by atoms with Gasteiger partial charge in [-0.05, 0) is 43.5 Å². The Kier molecular flexibility index (Phi) is 4.72. The fourth-order valence-electron chi connectivity index (χ4n) is 2.73. The molecule has 1 aromatic rings.